The summed E-state index contributed by atoms with van der Waals surface area (Å²) in [5, 5.41) is 0. The molecule has 0 rings (SSSR count). The van der Waals surface area contributed by atoms with E-state index in [1.165, 1.54) is 38.5 Å². The molecule has 0 radical (unpaired) electrons. The van der Waals surface area contributed by atoms with Crippen molar-refractivity contribution in [1.82, 2.24) is 0 Å². The van der Waals surface area contributed by atoms with E-state index in [-0.39, 0.29) is 12.0 Å². The van der Waals surface area contributed by atoms with Crippen molar-refractivity contribution in [3.8, 4) is 0 Å². The van der Waals surface area contributed by atoms with Crippen molar-refractivity contribution in [2.75, 3.05) is 0 Å². The second-order valence-corrected chi connectivity index (χ2v) is 6.15. The monoisotopic (exact) mass is 269 g/mol. The van der Waals surface area contributed by atoms with Gasteiger partial charge in [-0.05, 0) is 26.2 Å². The van der Waals surface area contributed by atoms with Crippen LogP contribution >= 0.6 is 0 Å². The zero-order valence-corrected chi connectivity index (χ0v) is 13.4. The fourth-order valence-electron chi connectivity index (χ4n) is 2.41. The molecule has 0 amide bonds. The second kappa shape index (κ2) is 12.7. The van der Waals surface area contributed by atoms with Gasteiger partial charge < -0.3 is 5.73 Å². The highest BCUT2D eigenvalue weighted by atomic mass is 16.1. The van der Waals surface area contributed by atoms with Gasteiger partial charge in [0, 0.05) is 18.4 Å². The fourth-order valence-corrected chi connectivity index (χ4v) is 2.41. The lowest BCUT2D eigenvalue weighted by molar-refractivity contribution is -0.122. The minimum atomic E-state index is 0.235. The van der Waals surface area contributed by atoms with E-state index in [9.17, 15) is 4.79 Å². The molecule has 0 aromatic rings. The third-order valence-corrected chi connectivity index (χ3v) is 3.87. The number of ketones is 1. The van der Waals surface area contributed by atoms with Crippen LogP contribution in [0.25, 0.3) is 0 Å². The summed E-state index contributed by atoms with van der Waals surface area (Å²) in [7, 11) is 0. The number of carbonyl (C=O) groups excluding carboxylic acids is 1. The number of hydrogen-bond donors (Lipinski definition) is 1. The second-order valence-electron chi connectivity index (χ2n) is 6.15. The third-order valence-electron chi connectivity index (χ3n) is 3.87. The van der Waals surface area contributed by atoms with Crippen molar-refractivity contribution in [1.29, 1.82) is 0 Å². The average molecular weight is 269 g/mol. The van der Waals surface area contributed by atoms with Crippen LogP contribution in [0.15, 0.2) is 0 Å². The molecule has 0 saturated heterocycles. The quantitative estimate of drug-likeness (QED) is 0.486. The maximum absolute atomic E-state index is 11.9. The molecule has 0 saturated carbocycles. The Kier molecular flexibility index (Phi) is 12.4. The van der Waals surface area contributed by atoms with E-state index in [0.717, 1.165) is 32.1 Å². The van der Waals surface area contributed by atoms with Gasteiger partial charge in [0.15, 0.2) is 0 Å². The predicted molar refractivity (Wildman–Crippen MR) is 84.3 cm³/mol. The van der Waals surface area contributed by atoms with Crippen molar-refractivity contribution < 1.29 is 4.79 Å². The van der Waals surface area contributed by atoms with Gasteiger partial charge in [-0.15, -0.1) is 0 Å². The zero-order valence-electron chi connectivity index (χ0n) is 13.4. The first-order chi connectivity index (χ1) is 9.07. The van der Waals surface area contributed by atoms with Crippen LogP contribution in [0.3, 0.4) is 0 Å². The summed E-state index contributed by atoms with van der Waals surface area (Å²) in [6.45, 7) is 6.35. The van der Waals surface area contributed by atoms with Gasteiger partial charge in [-0.3, -0.25) is 4.79 Å². The summed E-state index contributed by atoms with van der Waals surface area (Å²) < 4.78 is 0. The van der Waals surface area contributed by atoms with Crippen LogP contribution < -0.4 is 5.73 Å². The molecular formula is C17H35NO. The van der Waals surface area contributed by atoms with E-state index in [2.05, 4.69) is 13.8 Å². The molecule has 0 aliphatic carbocycles. The van der Waals surface area contributed by atoms with Gasteiger partial charge in [-0.1, -0.05) is 58.8 Å². The van der Waals surface area contributed by atoms with E-state index in [1.54, 1.807) is 0 Å². The Bertz CT molecular complexity index is 213. The highest BCUT2D eigenvalue weighted by molar-refractivity contribution is 5.80. The van der Waals surface area contributed by atoms with Crippen molar-refractivity contribution in [2.45, 2.75) is 97.4 Å². The van der Waals surface area contributed by atoms with Crippen molar-refractivity contribution in [3.05, 3.63) is 0 Å². The Hall–Kier alpha value is -0.370. The molecule has 2 N–H and O–H groups in total. The Morgan fingerprint density at radius 3 is 2.05 bits per heavy atom. The molecule has 0 spiro atoms. The minimum Gasteiger partial charge on any atom is -0.328 e. The van der Waals surface area contributed by atoms with Crippen LogP contribution in [-0.4, -0.2) is 11.8 Å². The van der Waals surface area contributed by atoms with E-state index < -0.39 is 0 Å². The minimum absolute atomic E-state index is 0.235. The molecule has 0 fully saturated rings. The van der Waals surface area contributed by atoms with Crippen molar-refractivity contribution >= 4 is 5.78 Å². The SMILES string of the molecule is CCCCCCCCCC(=O)C(C)CCCC(C)N. The summed E-state index contributed by atoms with van der Waals surface area (Å²) in [4.78, 5) is 11.9. The maximum atomic E-state index is 11.9. The lowest BCUT2D eigenvalue weighted by atomic mass is 9.94. The first-order valence-electron chi connectivity index (χ1n) is 8.36. The van der Waals surface area contributed by atoms with Gasteiger partial charge in [0.2, 0.25) is 0 Å². The van der Waals surface area contributed by atoms with Gasteiger partial charge in [-0.25, -0.2) is 0 Å². The van der Waals surface area contributed by atoms with Crippen LogP contribution in [0.2, 0.25) is 0 Å². The van der Waals surface area contributed by atoms with Gasteiger partial charge in [0.1, 0.15) is 5.78 Å². The lowest BCUT2D eigenvalue weighted by Crippen LogP contribution is -2.16. The lowest BCUT2D eigenvalue weighted by Gasteiger charge is -2.11. The van der Waals surface area contributed by atoms with Gasteiger partial charge in [-0.2, -0.15) is 0 Å². The number of rotatable bonds is 13. The third kappa shape index (κ3) is 12.4. The number of Topliss-reactive ketones (excluding diaryl/α,β-unsaturated/α-hetero) is 1. The van der Waals surface area contributed by atoms with Crippen LogP contribution in [0, 0.1) is 5.92 Å². The van der Waals surface area contributed by atoms with Crippen LogP contribution in [0.4, 0.5) is 0 Å². The molecule has 0 aliphatic heterocycles. The van der Waals surface area contributed by atoms with Crippen molar-refractivity contribution in [2.24, 2.45) is 11.7 Å². The molecular weight excluding hydrogens is 234 g/mol. The van der Waals surface area contributed by atoms with E-state index in [0.29, 0.717) is 5.78 Å². The summed E-state index contributed by atoms with van der Waals surface area (Å²) in [5.41, 5.74) is 5.72. The zero-order chi connectivity index (χ0) is 14.5. The average Bonchev–Trinajstić information content (AvgIpc) is 2.36. The fraction of sp³-hybridized carbons (Fsp3) is 0.941. The topological polar surface area (TPSA) is 43.1 Å². The van der Waals surface area contributed by atoms with Crippen LogP contribution in [0.5, 0.6) is 0 Å². The number of carbonyl (C=O) groups is 1. The van der Waals surface area contributed by atoms with Crippen molar-refractivity contribution in [3.63, 3.8) is 0 Å². The first kappa shape index (κ1) is 18.6. The standard InChI is InChI=1S/C17H35NO/c1-4-5-6-7-8-9-10-14-17(19)15(2)12-11-13-16(3)18/h15-16H,4-14,18H2,1-3H3. The largest absolute Gasteiger partial charge is 0.328 e. The smallest absolute Gasteiger partial charge is 0.135 e. The number of hydrogen-bond acceptors (Lipinski definition) is 2. The van der Waals surface area contributed by atoms with Gasteiger partial charge >= 0.3 is 0 Å². The van der Waals surface area contributed by atoms with Crippen LogP contribution in [-0.2, 0) is 4.79 Å². The Balaban J connectivity index is 3.41. The molecule has 114 valence electrons. The highest BCUT2D eigenvalue weighted by Crippen LogP contribution is 2.15. The molecule has 2 atom stereocenters. The van der Waals surface area contributed by atoms with Gasteiger partial charge in [0.25, 0.3) is 0 Å². The molecule has 0 aliphatic rings. The van der Waals surface area contributed by atoms with Gasteiger partial charge in [0.05, 0.1) is 0 Å². The van der Waals surface area contributed by atoms with E-state index in [1.807, 2.05) is 6.92 Å². The molecule has 2 unspecified atom stereocenters. The predicted octanol–water partition coefficient (Wildman–Crippen LogP) is 4.85. The number of nitrogens with two attached hydrogens (primary N) is 1. The molecule has 0 aromatic carbocycles. The molecule has 0 aromatic heterocycles. The van der Waals surface area contributed by atoms with Crippen LogP contribution in [0.1, 0.15) is 91.4 Å². The molecule has 2 heteroatoms. The van der Waals surface area contributed by atoms with E-state index >= 15 is 0 Å². The number of unbranched alkanes of at least 4 members (excludes halogenated alkanes) is 6. The Morgan fingerprint density at radius 1 is 0.895 bits per heavy atom. The molecule has 0 bridgehead atoms. The summed E-state index contributed by atoms with van der Waals surface area (Å²) in [6, 6.07) is 0.269. The molecule has 19 heavy (non-hydrogen) atoms. The Morgan fingerprint density at radius 2 is 1.47 bits per heavy atom. The van der Waals surface area contributed by atoms with E-state index in [4.69, 9.17) is 5.73 Å². The first-order valence-corrected chi connectivity index (χ1v) is 8.36. The Labute approximate surface area is 120 Å². The summed E-state index contributed by atoms with van der Waals surface area (Å²) in [6.07, 6.45) is 12.9. The summed E-state index contributed by atoms with van der Waals surface area (Å²) in [5.74, 6) is 0.692. The highest BCUT2D eigenvalue weighted by Gasteiger charge is 2.12. The normalized spacial score (nSPS) is 14.3. The summed E-state index contributed by atoms with van der Waals surface area (Å²) >= 11 is 0. The maximum Gasteiger partial charge on any atom is 0.135 e. The molecule has 0 heterocycles. The molecule has 2 nitrogen and oxygen atoms in total.